The smallest absolute Gasteiger partial charge is 0.245 e. The number of benzene rings is 2. The van der Waals surface area contributed by atoms with Gasteiger partial charge >= 0.3 is 0 Å². The molecule has 11 heteroatoms. The SMILES string of the molecule is CC(C)(C)CC(N)(C(=O)N[C@H](CO)c1ccc(Cl)c(-n2cncn2)c1)c1ccc(C#CC(C)(C)S(=O)[O-])cc1. The van der Waals surface area contributed by atoms with Crippen molar-refractivity contribution in [1.29, 1.82) is 0 Å². The zero-order chi connectivity index (χ0) is 29.0. The monoisotopic (exact) mass is 570 g/mol. The van der Waals surface area contributed by atoms with Crippen LogP contribution in [0.3, 0.4) is 0 Å². The van der Waals surface area contributed by atoms with Crippen LogP contribution in [0.4, 0.5) is 0 Å². The molecule has 0 aliphatic carbocycles. The van der Waals surface area contributed by atoms with Crippen LogP contribution < -0.4 is 11.1 Å². The number of carbonyl (C=O) groups excluding carboxylic acids is 1. The number of nitrogens with one attached hydrogen (secondary N) is 1. The van der Waals surface area contributed by atoms with Gasteiger partial charge in [0.15, 0.2) is 0 Å². The van der Waals surface area contributed by atoms with Crippen LogP contribution in [0.25, 0.3) is 5.69 Å². The summed E-state index contributed by atoms with van der Waals surface area (Å²) >= 11 is 3.99. The molecule has 2 unspecified atom stereocenters. The fraction of sp³-hybridized carbons (Fsp3) is 0.393. The molecule has 9 nitrogen and oxygen atoms in total. The molecule has 39 heavy (non-hydrogen) atoms. The highest BCUT2D eigenvalue weighted by atomic mass is 35.5. The predicted molar refractivity (Wildman–Crippen MR) is 151 cm³/mol. The molecule has 3 rings (SSSR count). The summed E-state index contributed by atoms with van der Waals surface area (Å²) in [6, 6.07) is 11.2. The van der Waals surface area contributed by atoms with Gasteiger partial charge in [-0.1, -0.05) is 62.4 Å². The van der Waals surface area contributed by atoms with Crippen LogP contribution in [0.5, 0.6) is 0 Å². The van der Waals surface area contributed by atoms with Gasteiger partial charge in [0.05, 0.1) is 28.1 Å². The molecular weight excluding hydrogens is 538 g/mol. The summed E-state index contributed by atoms with van der Waals surface area (Å²) in [6.45, 7) is 8.62. The van der Waals surface area contributed by atoms with E-state index in [0.717, 1.165) is 0 Å². The van der Waals surface area contributed by atoms with Crippen molar-refractivity contribution in [2.45, 2.75) is 57.4 Å². The minimum absolute atomic E-state index is 0.308. The summed E-state index contributed by atoms with van der Waals surface area (Å²) in [5, 5.41) is 17.7. The first-order valence-electron chi connectivity index (χ1n) is 12.2. The van der Waals surface area contributed by atoms with Crippen molar-refractivity contribution in [1.82, 2.24) is 20.1 Å². The number of hydrogen-bond acceptors (Lipinski definition) is 7. The Bertz CT molecular complexity index is 1390. The molecule has 0 saturated heterocycles. The van der Waals surface area contributed by atoms with E-state index in [2.05, 4.69) is 27.2 Å². The quantitative estimate of drug-likeness (QED) is 0.278. The van der Waals surface area contributed by atoms with E-state index in [0.29, 0.717) is 33.8 Å². The number of rotatable bonds is 8. The molecule has 0 fully saturated rings. The van der Waals surface area contributed by atoms with Crippen LogP contribution in [0.2, 0.25) is 5.02 Å². The maximum Gasteiger partial charge on any atom is 0.245 e. The Hall–Kier alpha value is -3.07. The van der Waals surface area contributed by atoms with Gasteiger partial charge in [0.25, 0.3) is 0 Å². The lowest BCUT2D eigenvalue weighted by Gasteiger charge is -2.36. The average molecular weight is 571 g/mol. The highest BCUT2D eigenvalue weighted by Crippen LogP contribution is 2.34. The number of carbonyl (C=O) groups is 1. The number of hydrogen-bond donors (Lipinski definition) is 3. The number of aromatic nitrogens is 3. The molecule has 0 saturated carbocycles. The van der Waals surface area contributed by atoms with E-state index in [4.69, 9.17) is 17.3 Å². The Labute approximate surface area is 236 Å². The molecule has 1 aromatic heterocycles. The van der Waals surface area contributed by atoms with E-state index in [-0.39, 0.29) is 12.0 Å². The molecular formula is C28H33ClN5O4S-. The first-order valence-corrected chi connectivity index (χ1v) is 13.7. The van der Waals surface area contributed by atoms with Gasteiger partial charge in [-0.15, -0.1) is 0 Å². The topological polar surface area (TPSA) is 146 Å². The molecule has 2 aromatic carbocycles. The zero-order valence-electron chi connectivity index (χ0n) is 22.6. The normalized spacial score (nSPS) is 15.0. The molecule has 1 heterocycles. The second kappa shape index (κ2) is 12.0. The van der Waals surface area contributed by atoms with E-state index in [9.17, 15) is 18.7 Å². The van der Waals surface area contributed by atoms with Gasteiger partial charge in [-0.05, 0) is 72.2 Å². The molecule has 0 aliphatic heterocycles. The maximum atomic E-state index is 13.8. The third kappa shape index (κ3) is 7.53. The van der Waals surface area contributed by atoms with Crippen LogP contribution in [-0.4, -0.2) is 45.9 Å². The van der Waals surface area contributed by atoms with Gasteiger partial charge in [-0.3, -0.25) is 9.00 Å². The maximum absolute atomic E-state index is 13.8. The number of aliphatic hydroxyl groups excluding tert-OH is 1. The molecule has 4 N–H and O–H groups in total. The third-order valence-electron chi connectivity index (χ3n) is 6.06. The Balaban J connectivity index is 1.93. The minimum Gasteiger partial charge on any atom is -0.771 e. The van der Waals surface area contributed by atoms with Gasteiger partial charge in [0.2, 0.25) is 5.91 Å². The summed E-state index contributed by atoms with van der Waals surface area (Å²) in [4.78, 5) is 17.7. The highest BCUT2D eigenvalue weighted by Gasteiger charge is 2.40. The molecule has 3 atom stereocenters. The van der Waals surface area contributed by atoms with Crippen molar-refractivity contribution in [2.24, 2.45) is 11.1 Å². The van der Waals surface area contributed by atoms with Crippen molar-refractivity contribution in [2.75, 3.05) is 6.61 Å². The lowest BCUT2D eigenvalue weighted by molar-refractivity contribution is -0.129. The van der Waals surface area contributed by atoms with Gasteiger partial charge in [0.1, 0.15) is 18.2 Å². The molecule has 3 aromatic rings. The molecule has 208 valence electrons. The van der Waals surface area contributed by atoms with Gasteiger partial charge in [-0.2, -0.15) is 5.10 Å². The van der Waals surface area contributed by atoms with Crippen molar-refractivity contribution >= 4 is 28.6 Å². The average Bonchev–Trinajstić information content (AvgIpc) is 3.40. The third-order valence-corrected chi connectivity index (χ3v) is 7.32. The van der Waals surface area contributed by atoms with Crippen molar-refractivity contribution in [3.63, 3.8) is 0 Å². The standard InChI is InChI=1S/C28H34ClN5O4S/c1-26(2,3)16-28(30,21-9-6-19(7-10-21)12-13-27(4,5)39(37)38)25(36)33-23(15-35)20-8-11-22(29)24(14-20)34-18-31-17-32-34/h6-11,14,17-18,23,35H,15-16,30H2,1-5H3,(H,33,36)(H,37,38)/p-1/t23-,28?/m1/s1. The Morgan fingerprint density at radius 2 is 1.87 bits per heavy atom. The number of amides is 1. The molecule has 0 aliphatic rings. The molecule has 0 bridgehead atoms. The lowest BCUT2D eigenvalue weighted by Crippen LogP contribution is -2.54. The van der Waals surface area contributed by atoms with Crippen LogP contribution >= 0.6 is 11.6 Å². The van der Waals surface area contributed by atoms with Gasteiger partial charge in [-0.25, -0.2) is 9.67 Å². The number of aliphatic hydroxyl groups is 1. The second-order valence-electron chi connectivity index (χ2n) is 11.0. The number of halogens is 1. The summed E-state index contributed by atoms with van der Waals surface area (Å²) in [5.74, 6) is 5.15. The van der Waals surface area contributed by atoms with E-state index in [1.165, 1.54) is 31.2 Å². The number of nitrogens with two attached hydrogens (primary N) is 1. The van der Waals surface area contributed by atoms with E-state index < -0.39 is 33.3 Å². The van der Waals surface area contributed by atoms with Crippen LogP contribution in [0, 0.1) is 17.3 Å². The van der Waals surface area contributed by atoms with E-state index in [1.54, 1.807) is 42.5 Å². The fourth-order valence-electron chi connectivity index (χ4n) is 4.04. The minimum atomic E-state index is -2.35. The van der Waals surface area contributed by atoms with Crippen LogP contribution in [0.1, 0.15) is 63.8 Å². The van der Waals surface area contributed by atoms with Crippen molar-refractivity contribution in [3.05, 3.63) is 76.8 Å². The Morgan fingerprint density at radius 1 is 1.21 bits per heavy atom. The first kappa shape index (κ1) is 30.5. The van der Waals surface area contributed by atoms with Crippen molar-refractivity contribution < 1.29 is 18.7 Å². The summed E-state index contributed by atoms with van der Waals surface area (Å²) in [6.07, 6.45) is 3.19. The summed E-state index contributed by atoms with van der Waals surface area (Å²) in [7, 11) is 0. The van der Waals surface area contributed by atoms with E-state index in [1.807, 2.05) is 20.8 Å². The highest BCUT2D eigenvalue weighted by molar-refractivity contribution is 7.80. The van der Waals surface area contributed by atoms with Crippen molar-refractivity contribution in [3.8, 4) is 17.5 Å². The van der Waals surface area contributed by atoms with E-state index >= 15 is 0 Å². The van der Waals surface area contributed by atoms with Crippen LogP contribution in [-0.2, 0) is 21.4 Å². The molecule has 0 radical (unpaired) electrons. The van der Waals surface area contributed by atoms with Crippen LogP contribution in [0.15, 0.2) is 55.1 Å². The molecule has 0 spiro atoms. The largest absolute Gasteiger partial charge is 0.771 e. The zero-order valence-corrected chi connectivity index (χ0v) is 24.1. The summed E-state index contributed by atoms with van der Waals surface area (Å²) in [5.41, 5.74) is 7.40. The lowest BCUT2D eigenvalue weighted by atomic mass is 9.75. The predicted octanol–water partition coefficient (Wildman–Crippen LogP) is 3.37. The number of nitrogens with zero attached hydrogens (tertiary/aromatic N) is 3. The fourth-order valence-corrected chi connectivity index (χ4v) is 4.38. The van der Waals surface area contributed by atoms with Gasteiger partial charge < -0.3 is 20.7 Å². The molecule has 1 amide bonds. The first-order chi connectivity index (χ1) is 18.2. The Kier molecular flexibility index (Phi) is 9.36. The van der Waals surface area contributed by atoms with Gasteiger partial charge in [0, 0.05) is 5.56 Å². The summed E-state index contributed by atoms with van der Waals surface area (Å²) < 4.78 is 23.0. The Morgan fingerprint density at radius 3 is 2.41 bits per heavy atom. The second-order valence-corrected chi connectivity index (χ2v) is 12.9.